The van der Waals surface area contributed by atoms with Crippen molar-refractivity contribution in [2.75, 3.05) is 0 Å². The summed E-state index contributed by atoms with van der Waals surface area (Å²) in [5.41, 5.74) is 0. The maximum atomic E-state index is 13.5. The van der Waals surface area contributed by atoms with Crippen LogP contribution in [0.15, 0.2) is 0 Å². The quantitative estimate of drug-likeness (QED) is 0.461. The number of alkyl halides is 15. The zero-order chi connectivity index (χ0) is 21.1. The molecular weight excluding hydrogens is 446 g/mol. The Labute approximate surface area is 137 Å². The van der Waals surface area contributed by atoms with Gasteiger partial charge in [-0.15, -0.1) is 0 Å². The van der Waals surface area contributed by atoms with Gasteiger partial charge in [-0.3, -0.25) is 0 Å². The van der Waals surface area contributed by atoms with Gasteiger partial charge < -0.3 is 5.11 Å². The summed E-state index contributed by atoms with van der Waals surface area (Å²) < 4.78 is 166. The molecule has 0 saturated carbocycles. The monoisotopic (exact) mass is 446 g/mol. The summed E-state index contributed by atoms with van der Waals surface area (Å²) in [6, 6.07) is 0. The summed E-state index contributed by atoms with van der Waals surface area (Å²) in [4.78, 5) is 9.86. The van der Waals surface area contributed by atoms with Crippen molar-refractivity contribution >= 4 is 29.2 Å². The summed E-state index contributed by atoms with van der Waals surface area (Å²) in [5.74, 6) is -33.8. The molecule has 0 aliphatic heterocycles. The molecule has 0 amide bonds. The zero-order valence-electron chi connectivity index (χ0n) is 10.5. The molecule has 0 rings (SSSR count). The van der Waals surface area contributed by atoms with Crippen molar-refractivity contribution in [2.45, 2.75) is 40.1 Å². The number of carboxylic acid groups (broad SMARTS) is 1. The first-order valence-electron chi connectivity index (χ1n) is 5.01. The highest BCUT2D eigenvalue weighted by Gasteiger charge is 2.91. The molecule has 0 radical (unpaired) electrons. The predicted molar refractivity (Wildman–Crippen MR) is 52.9 cm³/mol. The first-order chi connectivity index (χ1) is 10.4. The molecule has 1 N–H and O–H groups in total. The lowest BCUT2D eigenvalue weighted by atomic mass is 9.93. The summed E-state index contributed by atoms with van der Waals surface area (Å²) >= 11 is 7.37. The third-order valence-corrected chi connectivity index (χ3v) is 3.69. The Balaban J connectivity index is 6.55. The maximum absolute atomic E-state index is 13.5. The lowest BCUT2D eigenvalue weighted by Gasteiger charge is -2.42. The van der Waals surface area contributed by atoms with Crippen molar-refractivity contribution in [3.8, 4) is 0 Å². The van der Waals surface area contributed by atoms with Crippen LogP contribution < -0.4 is 0 Å². The Morgan fingerprint density at radius 1 is 0.600 bits per heavy atom. The highest BCUT2D eigenvalue weighted by atomic mass is 35.5. The zero-order valence-corrected chi connectivity index (χ0v) is 12.0. The van der Waals surface area contributed by atoms with E-state index in [4.69, 9.17) is 5.11 Å². The summed E-state index contributed by atoms with van der Waals surface area (Å²) in [7, 11) is 0. The predicted octanol–water partition coefficient (Wildman–Crippen LogP) is 4.98. The van der Waals surface area contributed by atoms with E-state index in [2.05, 4.69) is 23.2 Å². The first-order valence-corrected chi connectivity index (χ1v) is 5.77. The fourth-order valence-electron chi connectivity index (χ4n) is 1.10. The van der Waals surface area contributed by atoms with Crippen LogP contribution in [0.1, 0.15) is 0 Å². The Bertz CT molecular complexity index is 539. The minimum Gasteiger partial charge on any atom is -0.477 e. The maximum Gasteiger partial charge on any atom is 0.458 e. The van der Waals surface area contributed by atoms with Gasteiger partial charge in [-0.1, -0.05) is 23.2 Å². The van der Waals surface area contributed by atoms with Crippen molar-refractivity contribution in [3.05, 3.63) is 0 Å². The second-order valence-corrected chi connectivity index (χ2v) is 5.29. The van der Waals surface area contributed by atoms with E-state index in [1.54, 1.807) is 0 Å². The molecule has 0 bridgehead atoms. The molecule has 17 heteroatoms. The van der Waals surface area contributed by atoms with E-state index in [1.807, 2.05) is 0 Å². The SMILES string of the molecule is O=C(O)C(F)(F)C(F)(F)C(F)(F)C(F)(Cl)C(F)(Cl)C(F)(F)C(F)(F)F. The standard InChI is InChI=1S/C8HCl2F13O2/c9-3(13,4(10,14)7(19,20)8(21,22)23)6(17,18)5(15,16)2(11,12)1(24)25/h(H,24,25). The molecule has 0 heterocycles. The molecule has 2 nitrogen and oxygen atoms in total. The van der Waals surface area contributed by atoms with E-state index in [9.17, 15) is 61.9 Å². The number of hydrogen-bond acceptors (Lipinski definition) is 1. The largest absolute Gasteiger partial charge is 0.477 e. The molecule has 150 valence electrons. The van der Waals surface area contributed by atoms with E-state index in [0.717, 1.165) is 0 Å². The number of carboxylic acids is 1. The van der Waals surface area contributed by atoms with Gasteiger partial charge in [-0.2, -0.15) is 48.3 Å². The minimum absolute atomic E-state index is 3.68. The fourth-order valence-corrected chi connectivity index (χ4v) is 1.56. The van der Waals surface area contributed by atoms with Crippen molar-refractivity contribution in [2.24, 2.45) is 0 Å². The molecule has 0 aromatic rings. The second kappa shape index (κ2) is 5.82. The molecule has 2 atom stereocenters. The number of aliphatic carboxylic acids is 1. The van der Waals surface area contributed by atoms with Crippen LogP contribution in [0.5, 0.6) is 0 Å². The van der Waals surface area contributed by atoms with Crippen LogP contribution in [0.3, 0.4) is 0 Å². The fraction of sp³-hybridized carbons (Fsp3) is 0.875. The van der Waals surface area contributed by atoms with E-state index in [1.165, 1.54) is 0 Å². The van der Waals surface area contributed by atoms with E-state index in [-0.39, 0.29) is 0 Å². The van der Waals surface area contributed by atoms with E-state index >= 15 is 0 Å². The average molecular weight is 447 g/mol. The second-order valence-electron chi connectivity index (χ2n) is 4.25. The minimum atomic E-state index is -7.69. The Kier molecular flexibility index (Phi) is 5.62. The van der Waals surface area contributed by atoms with Gasteiger partial charge in [0.2, 0.25) is 0 Å². The van der Waals surface area contributed by atoms with Gasteiger partial charge >= 0.3 is 46.1 Å². The normalized spacial score (nSPS) is 20.0. The van der Waals surface area contributed by atoms with Crippen LogP contribution in [-0.2, 0) is 4.79 Å². The smallest absolute Gasteiger partial charge is 0.458 e. The Morgan fingerprint density at radius 2 is 0.880 bits per heavy atom. The molecule has 0 aromatic heterocycles. The molecule has 25 heavy (non-hydrogen) atoms. The van der Waals surface area contributed by atoms with Crippen LogP contribution in [0.25, 0.3) is 0 Å². The molecule has 0 aliphatic rings. The highest BCUT2D eigenvalue weighted by Crippen LogP contribution is 2.64. The van der Waals surface area contributed by atoms with Crippen LogP contribution in [-0.4, -0.2) is 51.2 Å². The summed E-state index contributed by atoms with van der Waals surface area (Å²) in [5, 5.41) is -6.32. The van der Waals surface area contributed by atoms with Crippen molar-refractivity contribution in [1.82, 2.24) is 0 Å². The number of hydrogen-bond donors (Lipinski definition) is 1. The van der Waals surface area contributed by atoms with Crippen molar-refractivity contribution < 1.29 is 67.0 Å². The molecule has 0 aliphatic carbocycles. The van der Waals surface area contributed by atoms with Crippen LogP contribution in [0, 0.1) is 0 Å². The van der Waals surface area contributed by atoms with Gasteiger partial charge in [0.25, 0.3) is 0 Å². The van der Waals surface area contributed by atoms with Gasteiger partial charge in [-0.25, -0.2) is 13.6 Å². The van der Waals surface area contributed by atoms with Gasteiger partial charge in [0.05, 0.1) is 0 Å². The number of halogens is 15. The molecule has 0 spiro atoms. The van der Waals surface area contributed by atoms with Crippen LogP contribution in [0.2, 0.25) is 0 Å². The van der Waals surface area contributed by atoms with Crippen LogP contribution >= 0.6 is 23.2 Å². The Morgan fingerprint density at radius 3 is 1.12 bits per heavy atom. The van der Waals surface area contributed by atoms with E-state index in [0.29, 0.717) is 0 Å². The Hall–Kier alpha value is -0.860. The van der Waals surface area contributed by atoms with Gasteiger partial charge in [0, 0.05) is 0 Å². The molecule has 0 fully saturated rings. The number of rotatable bonds is 6. The first kappa shape index (κ1) is 24.1. The molecule has 0 aromatic carbocycles. The topological polar surface area (TPSA) is 37.3 Å². The van der Waals surface area contributed by atoms with Crippen molar-refractivity contribution in [1.29, 1.82) is 0 Å². The van der Waals surface area contributed by atoms with Crippen LogP contribution in [0.4, 0.5) is 57.1 Å². The lowest BCUT2D eigenvalue weighted by Crippen LogP contribution is -2.72. The molecular formula is C8HCl2F13O2. The summed E-state index contributed by atoms with van der Waals surface area (Å²) in [6.07, 6.45) is -7.30. The van der Waals surface area contributed by atoms with Gasteiger partial charge in [0.15, 0.2) is 0 Å². The third-order valence-electron chi connectivity index (χ3n) is 2.60. The van der Waals surface area contributed by atoms with Gasteiger partial charge in [-0.05, 0) is 0 Å². The lowest BCUT2D eigenvalue weighted by molar-refractivity contribution is -0.366. The third kappa shape index (κ3) is 2.96. The molecule has 0 saturated heterocycles. The van der Waals surface area contributed by atoms with E-state index < -0.39 is 46.1 Å². The van der Waals surface area contributed by atoms with Crippen molar-refractivity contribution in [3.63, 3.8) is 0 Å². The summed E-state index contributed by atoms with van der Waals surface area (Å²) in [6.45, 7) is 0. The average Bonchev–Trinajstić information content (AvgIpc) is 2.35. The molecule has 2 unspecified atom stereocenters. The highest BCUT2D eigenvalue weighted by molar-refractivity contribution is 6.34. The number of carbonyl (C=O) groups is 1. The van der Waals surface area contributed by atoms with Gasteiger partial charge in [0.1, 0.15) is 0 Å².